The van der Waals surface area contributed by atoms with Crippen LogP contribution < -0.4 is 0 Å². The van der Waals surface area contributed by atoms with Crippen molar-refractivity contribution >= 4 is 11.8 Å². The van der Waals surface area contributed by atoms with Gasteiger partial charge in [-0.05, 0) is 19.3 Å². The zero-order valence-electron chi connectivity index (χ0n) is 12.7. The Bertz CT molecular complexity index is 299. The summed E-state index contributed by atoms with van der Waals surface area (Å²) in [5.74, 6) is 0.221. The molecule has 1 atom stereocenters. The van der Waals surface area contributed by atoms with Crippen molar-refractivity contribution in [2.45, 2.75) is 52.9 Å². The average Bonchev–Trinajstić information content (AvgIpc) is 2.76. The van der Waals surface area contributed by atoms with E-state index < -0.39 is 0 Å². The smallest absolute Gasteiger partial charge is 0.227 e. The Labute approximate surface area is 117 Å². The molecule has 0 bridgehead atoms. The van der Waals surface area contributed by atoms with Crippen LogP contribution in [0.4, 0.5) is 0 Å². The van der Waals surface area contributed by atoms with Gasteiger partial charge in [-0.3, -0.25) is 9.59 Å². The Balaban J connectivity index is 2.55. The normalized spacial score (nSPS) is 19.0. The molecule has 2 amide bonds. The van der Waals surface area contributed by atoms with Gasteiger partial charge in [0.25, 0.3) is 0 Å². The molecule has 4 nitrogen and oxygen atoms in total. The maximum absolute atomic E-state index is 12.4. The molecule has 1 fully saturated rings. The minimum Gasteiger partial charge on any atom is -0.342 e. The lowest BCUT2D eigenvalue weighted by Gasteiger charge is -2.24. The first-order valence-corrected chi connectivity index (χ1v) is 7.70. The van der Waals surface area contributed by atoms with Crippen molar-refractivity contribution in [2.75, 3.05) is 26.2 Å². The lowest BCUT2D eigenvalue weighted by Crippen LogP contribution is -2.38. The van der Waals surface area contributed by atoms with Gasteiger partial charge >= 0.3 is 0 Å². The van der Waals surface area contributed by atoms with Gasteiger partial charge in [-0.15, -0.1) is 0 Å². The fraction of sp³-hybridized carbons (Fsp3) is 0.867. The monoisotopic (exact) mass is 268 g/mol. The van der Waals surface area contributed by atoms with Crippen molar-refractivity contribution in [3.8, 4) is 0 Å². The topological polar surface area (TPSA) is 40.6 Å². The standard InChI is InChI=1S/C15H28N2O2/c1-4-7-10-17-12-13(11-14(17)18)15(19)16(8-5-2)9-6-3/h13H,4-12H2,1-3H3. The van der Waals surface area contributed by atoms with Crippen molar-refractivity contribution in [3.05, 3.63) is 0 Å². The van der Waals surface area contributed by atoms with Gasteiger partial charge in [-0.2, -0.15) is 0 Å². The van der Waals surface area contributed by atoms with Crippen LogP contribution in [-0.4, -0.2) is 47.8 Å². The third kappa shape index (κ3) is 4.51. The fourth-order valence-electron chi connectivity index (χ4n) is 2.63. The number of amides is 2. The lowest BCUT2D eigenvalue weighted by atomic mass is 10.1. The minimum absolute atomic E-state index is 0.109. The van der Waals surface area contributed by atoms with E-state index in [9.17, 15) is 9.59 Å². The summed E-state index contributed by atoms with van der Waals surface area (Å²) in [5, 5.41) is 0. The molecular formula is C15H28N2O2. The number of nitrogens with zero attached hydrogens (tertiary/aromatic N) is 2. The van der Waals surface area contributed by atoms with Crippen LogP contribution in [0.25, 0.3) is 0 Å². The first-order chi connectivity index (χ1) is 9.13. The molecule has 1 saturated heterocycles. The van der Waals surface area contributed by atoms with Gasteiger partial charge in [0.05, 0.1) is 5.92 Å². The van der Waals surface area contributed by atoms with E-state index in [-0.39, 0.29) is 17.7 Å². The van der Waals surface area contributed by atoms with Gasteiger partial charge in [0.1, 0.15) is 0 Å². The largest absolute Gasteiger partial charge is 0.342 e. The fourth-order valence-corrected chi connectivity index (χ4v) is 2.63. The molecule has 0 radical (unpaired) electrons. The minimum atomic E-state index is -0.109. The van der Waals surface area contributed by atoms with E-state index in [2.05, 4.69) is 20.8 Å². The van der Waals surface area contributed by atoms with E-state index in [4.69, 9.17) is 0 Å². The zero-order chi connectivity index (χ0) is 14.3. The molecule has 0 aromatic rings. The molecule has 0 aromatic carbocycles. The summed E-state index contributed by atoms with van der Waals surface area (Å²) in [7, 11) is 0. The van der Waals surface area contributed by atoms with Gasteiger partial charge in [0.15, 0.2) is 0 Å². The molecule has 0 spiro atoms. The lowest BCUT2D eigenvalue weighted by molar-refractivity contribution is -0.136. The number of carbonyl (C=O) groups excluding carboxylic acids is 2. The third-order valence-electron chi connectivity index (χ3n) is 3.64. The van der Waals surface area contributed by atoms with Crippen molar-refractivity contribution in [1.82, 2.24) is 9.80 Å². The van der Waals surface area contributed by atoms with Crippen LogP contribution in [0.1, 0.15) is 52.9 Å². The van der Waals surface area contributed by atoms with Gasteiger partial charge in [0.2, 0.25) is 11.8 Å². The molecular weight excluding hydrogens is 240 g/mol. The van der Waals surface area contributed by atoms with Gasteiger partial charge < -0.3 is 9.80 Å². The molecule has 0 aliphatic carbocycles. The Hall–Kier alpha value is -1.06. The number of likely N-dealkylation sites (tertiary alicyclic amines) is 1. The summed E-state index contributed by atoms with van der Waals surface area (Å²) < 4.78 is 0. The predicted molar refractivity (Wildman–Crippen MR) is 76.8 cm³/mol. The number of hydrogen-bond donors (Lipinski definition) is 0. The van der Waals surface area contributed by atoms with E-state index >= 15 is 0 Å². The molecule has 19 heavy (non-hydrogen) atoms. The summed E-state index contributed by atoms with van der Waals surface area (Å²) in [4.78, 5) is 28.1. The van der Waals surface area contributed by atoms with Crippen molar-refractivity contribution in [1.29, 1.82) is 0 Å². The highest BCUT2D eigenvalue weighted by molar-refractivity contribution is 5.89. The molecule has 1 aliphatic heterocycles. The van der Waals surface area contributed by atoms with E-state index in [1.165, 1.54) is 0 Å². The molecule has 1 aliphatic rings. The highest BCUT2D eigenvalue weighted by Gasteiger charge is 2.35. The Morgan fingerprint density at radius 1 is 1.21 bits per heavy atom. The maximum atomic E-state index is 12.4. The molecule has 0 aromatic heterocycles. The molecule has 0 N–H and O–H groups in total. The van der Waals surface area contributed by atoms with Crippen LogP contribution in [0.2, 0.25) is 0 Å². The number of carbonyl (C=O) groups is 2. The predicted octanol–water partition coefficient (Wildman–Crippen LogP) is 2.28. The van der Waals surface area contributed by atoms with E-state index in [0.717, 1.165) is 45.3 Å². The maximum Gasteiger partial charge on any atom is 0.227 e. The average molecular weight is 268 g/mol. The van der Waals surface area contributed by atoms with E-state index in [1.54, 1.807) is 0 Å². The van der Waals surface area contributed by atoms with Crippen LogP contribution in [0.15, 0.2) is 0 Å². The number of hydrogen-bond acceptors (Lipinski definition) is 2. The van der Waals surface area contributed by atoms with Crippen LogP contribution in [0, 0.1) is 5.92 Å². The first-order valence-electron chi connectivity index (χ1n) is 7.70. The number of unbranched alkanes of at least 4 members (excludes halogenated alkanes) is 1. The van der Waals surface area contributed by atoms with Gasteiger partial charge in [-0.1, -0.05) is 27.2 Å². The molecule has 1 rings (SSSR count). The molecule has 110 valence electrons. The summed E-state index contributed by atoms with van der Waals surface area (Å²) in [5.41, 5.74) is 0. The second-order valence-electron chi connectivity index (χ2n) is 5.42. The second-order valence-corrected chi connectivity index (χ2v) is 5.42. The van der Waals surface area contributed by atoms with E-state index in [0.29, 0.717) is 13.0 Å². The summed E-state index contributed by atoms with van der Waals surface area (Å²) in [6, 6.07) is 0. The molecule has 1 heterocycles. The van der Waals surface area contributed by atoms with Crippen molar-refractivity contribution < 1.29 is 9.59 Å². The highest BCUT2D eigenvalue weighted by atomic mass is 16.2. The quantitative estimate of drug-likeness (QED) is 0.677. The van der Waals surface area contributed by atoms with Crippen LogP contribution >= 0.6 is 0 Å². The second kappa shape index (κ2) is 8.18. The Morgan fingerprint density at radius 3 is 2.37 bits per heavy atom. The summed E-state index contributed by atoms with van der Waals surface area (Å²) >= 11 is 0. The van der Waals surface area contributed by atoms with Crippen molar-refractivity contribution in [2.24, 2.45) is 5.92 Å². The third-order valence-corrected chi connectivity index (χ3v) is 3.64. The SMILES string of the molecule is CCCCN1CC(C(=O)N(CCC)CCC)CC1=O. The van der Waals surface area contributed by atoms with Crippen LogP contribution in [0.3, 0.4) is 0 Å². The van der Waals surface area contributed by atoms with Gasteiger partial charge in [-0.25, -0.2) is 0 Å². The van der Waals surface area contributed by atoms with E-state index in [1.807, 2.05) is 9.80 Å². The first kappa shape index (κ1) is 16.0. The highest BCUT2D eigenvalue weighted by Crippen LogP contribution is 2.21. The Kier molecular flexibility index (Phi) is 6.89. The summed E-state index contributed by atoms with van der Waals surface area (Å²) in [6.45, 7) is 9.35. The Morgan fingerprint density at radius 2 is 1.84 bits per heavy atom. The van der Waals surface area contributed by atoms with Crippen LogP contribution in [0.5, 0.6) is 0 Å². The molecule has 1 unspecified atom stereocenters. The zero-order valence-corrected chi connectivity index (χ0v) is 12.7. The number of rotatable bonds is 8. The van der Waals surface area contributed by atoms with Crippen LogP contribution in [-0.2, 0) is 9.59 Å². The van der Waals surface area contributed by atoms with Crippen molar-refractivity contribution in [3.63, 3.8) is 0 Å². The molecule has 0 saturated carbocycles. The molecule has 4 heteroatoms. The summed E-state index contributed by atoms with van der Waals surface area (Å²) in [6.07, 6.45) is 4.48. The van der Waals surface area contributed by atoms with Gasteiger partial charge in [0, 0.05) is 32.6 Å².